The van der Waals surface area contributed by atoms with E-state index in [2.05, 4.69) is 30.3 Å². The zero-order valence-corrected chi connectivity index (χ0v) is 11.3. The van der Waals surface area contributed by atoms with Gasteiger partial charge in [-0.05, 0) is 27.6 Å². The van der Waals surface area contributed by atoms with E-state index < -0.39 is 0 Å². The van der Waals surface area contributed by atoms with Gasteiger partial charge in [-0.2, -0.15) is 0 Å². The Hall–Kier alpha value is -2.52. The number of fused-ring (bicyclic) bond motifs is 4. The third-order valence-corrected chi connectivity index (χ3v) is 3.89. The van der Waals surface area contributed by atoms with Gasteiger partial charge in [-0.1, -0.05) is 60.7 Å². The molecule has 21 heavy (non-hydrogen) atoms. The highest BCUT2D eigenvalue weighted by atomic mass is 16.5. The Morgan fingerprint density at radius 1 is 0.667 bits per heavy atom. The molecule has 0 saturated carbocycles. The van der Waals surface area contributed by atoms with Gasteiger partial charge >= 0.3 is 7.69 Å². The van der Waals surface area contributed by atoms with Crippen molar-refractivity contribution in [3.05, 3.63) is 66.7 Å². The highest BCUT2D eigenvalue weighted by molar-refractivity contribution is 6.22. The molecule has 4 rings (SSSR count). The zero-order chi connectivity index (χ0) is 14.2. The summed E-state index contributed by atoms with van der Waals surface area (Å²) < 4.78 is 5.41. The molecule has 1 radical (unpaired) electrons. The van der Waals surface area contributed by atoms with Crippen molar-refractivity contribution in [3.8, 4) is 5.75 Å². The monoisotopic (exact) mass is 271 g/mol. The maximum atomic E-state index is 9.10. The standard InChI is InChI=1S/C18H12BO2/c20-19-21-18-15-8-4-2-6-13(15)11-17-14-7-3-1-5-12(14)9-10-16(17)18/h1-11,20H. The largest absolute Gasteiger partial charge is 0.569 e. The fraction of sp³-hybridized carbons (Fsp3) is 0. The molecule has 0 aromatic heterocycles. The molecular weight excluding hydrogens is 259 g/mol. The van der Waals surface area contributed by atoms with E-state index in [-0.39, 0.29) is 0 Å². The minimum Gasteiger partial charge on any atom is -0.537 e. The quantitative estimate of drug-likeness (QED) is 0.338. The minimum atomic E-state index is 0.691. The number of rotatable bonds is 2. The van der Waals surface area contributed by atoms with Crippen LogP contribution in [-0.4, -0.2) is 12.7 Å². The summed E-state index contributed by atoms with van der Waals surface area (Å²) >= 11 is 0. The molecule has 0 heterocycles. The van der Waals surface area contributed by atoms with Gasteiger partial charge in [0, 0.05) is 10.8 Å². The maximum Gasteiger partial charge on any atom is 0.569 e. The molecule has 99 valence electrons. The third kappa shape index (κ3) is 1.86. The van der Waals surface area contributed by atoms with Crippen LogP contribution in [0.15, 0.2) is 66.7 Å². The van der Waals surface area contributed by atoms with Crippen LogP contribution in [-0.2, 0) is 0 Å². The lowest BCUT2D eigenvalue weighted by atomic mass is 9.97. The van der Waals surface area contributed by atoms with E-state index in [4.69, 9.17) is 9.68 Å². The number of benzene rings is 4. The fourth-order valence-electron chi connectivity index (χ4n) is 2.96. The molecule has 4 aromatic rings. The second-order valence-corrected chi connectivity index (χ2v) is 5.03. The summed E-state index contributed by atoms with van der Waals surface area (Å²) in [5.74, 6) is 0.691. The van der Waals surface area contributed by atoms with Gasteiger partial charge in [-0.3, -0.25) is 0 Å². The van der Waals surface area contributed by atoms with Crippen molar-refractivity contribution >= 4 is 40.0 Å². The molecule has 0 unspecified atom stereocenters. The van der Waals surface area contributed by atoms with Gasteiger partial charge in [-0.25, -0.2) is 0 Å². The average molecular weight is 271 g/mol. The Balaban J connectivity index is 2.24. The summed E-state index contributed by atoms with van der Waals surface area (Å²) in [5, 5.41) is 15.7. The normalized spacial score (nSPS) is 11.1. The first kappa shape index (κ1) is 12.2. The summed E-state index contributed by atoms with van der Waals surface area (Å²) in [6, 6.07) is 22.6. The molecule has 0 amide bonds. The molecule has 0 saturated heterocycles. The van der Waals surface area contributed by atoms with Crippen LogP contribution < -0.4 is 4.65 Å². The summed E-state index contributed by atoms with van der Waals surface area (Å²) in [4.78, 5) is 0. The van der Waals surface area contributed by atoms with Crippen LogP contribution in [0.5, 0.6) is 5.75 Å². The number of hydrogen-bond donors (Lipinski definition) is 1. The van der Waals surface area contributed by atoms with E-state index in [1.165, 1.54) is 10.8 Å². The smallest absolute Gasteiger partial charge is 0.537 e. The van der Waals surface area contributed by atoms with Gasteiger partial charge < -0.3 is 9.68 Å². The lowest BCUT2D eigenvalue weighted by Gasteiger charge is -2.13. The van der Waals surface area contributed by atoms with Gasteiger partial charge in [0.15, 0.2) is 0 Å². The van der Waals surface area contributed by atoms with E-state index in [0.717, 1.165) is 29.2 Å². The van der Waals surface area contributed by atoms with Crippen LogP contribution in [0.4, 0.5) is 0 Å². The Kier molecular flexibility index (Phi) is 2.79. The molecule has 3 heteroatoms. The maximum absolute atomic E-state index is 9.10. The van der Waals surface area contributed by atoms with Crippen molar-refractivity contribution in [1.82, 2.24) is 0 Å². The van der Waals surface area contributed by atoms with Crippen molar-refractivity contribution in [3.63, 3.8) is 0 Å². The van der Waals surface area contributed by atoms with E-state index in [1.54, 1.807) is 0 Å². The van der Waals surface area contributed by atoms with E-state index in [9.17, 15) is 0 Å². The van der Waals surface area contributed by atoms with Crippen LogP contribution in [0.1, 0.15) is 0 Å². The topological polar surface area (TPSA) is 29.5 Å². The van der Waals surface area contributed by atoms with Crippen LogP contribution in [0.3, 0.4) is 0 Å². The first-order valence-corrected chi connectivity index (χ1v) is 6.84. The molecule has 0 aliphatic carbocycles. The summed E-state index contributed by atoms with van der Waals surface area (Å²) in [7, 11) is 0.746. The summed E-state index contributed by atoms with van der Waals surface area (Å²) in [5.41, 5.74) is 0. The van der Waals surface area contributed by atoms with Gasteiger partial charge in [0.05, 0.1) is 0 Å². The molecule has 0 spiro atoms. The predicted molar refractivity (Wildman–Crippen MR) is 87.6 cm³/mol. The minimum absolute atomic E-state index is 0.691. The molecule has 4 aromatic carbocycles. The summed E-state index contributed by atoms with van der Waals surface area (Å²) in [6.07, 6.45) is 0. The van der Waals surface area contributed by atoms with Gasteiger partial charge in [0.1, 0.15) is 5.75 Å². The van der Waals surface area contributed by atoms with E-state index in [1.807, 2.05) is 36.4 Å². The molecule has 0 aliphatic rings. The molecule has 0 atom stereocenters. The summed E-state index contributed by atoms with van der Waals surface area (Å²) in [6.45, 7) is 0. The first-order valence-electron chi connectivity index (χ1n) is 6.84. The molecule has 1 N–H and O–H groups in total. The van der Waals surface area contributed by atoms with Crippen LogP contribution in [0, 0.1) is 0 Å². The Bertz CT molecular complexity index is 963. The second-order valence-electron chi connectivity index (χ2n) is 5.03. The van der Waals surface area contributed by atoms with Crippen molar-refractivity contribution in [2.75, 3.05) is 0 Å². The molecule has 0 aliphatic heterocycles. The Morgan fingerprint density at radius 3 is 2.19 bits per heavy atom. The van der Waals surface area contributed by atoms with Crippen molar-refractivity contribution in [2.24, 2.45) is 0 Å². The molecule has 0 bridgehead atoms. The Labute approximate surface area is 122 Å². The zero-order valence-electron chi connectivity index (χ0n) is 11.3. The second kappa shape index (κ2) is 4.79. The van der Waals surface area contributed by atoms with Crippen molar-refractivity contribution in [2.45, 2.75) is 0 Å². The highest BCUT2D eigenvalue weighted by Gasteiger charge is 2.11. The first-order chi connectivity index (χ1) is 10.4. The van der Waals surface area contributed by atoms with Gasteiger partial charge in [0.2, 0.25) is 0 Å². The highest BCUT2D eigenvalue weighted by Crippen LogP contribution is 2.37. The third-order valence-electron chi connectivity index (χ3n) is 3.89. The van der Waals surface area contributed by atoms with Crippen LogP contribution in [0.2, 0.25) is 0 Å². The lowest BCUT2D eigenvalue weighted by Crippen LogP contribution is -2.01. The molecule has 2 nitrogen and oxygen atoms in total. The predicted octanol–water partition coefficient (Wildman–Crippen LogP) is 4.05. The fourth-order valence-corrected chi connectivity index (χ4v) is 2.96. The Morgan fingerprint density at radius 2 is 1.38 bits per heavy atom. The van der Waals surface area contributed by atoms with Gasteiger partial charge in [0.25, 0.3) is 0 Å². The SMILES string of the molecule is O[B]Oc1c2ccccc2cc2c1ccc1ccccc12. The van der Waals surface area contributed by atoms with Crippen molar-refractivity contribution < 1.29 is 9.68 Å². The molecule has 0 fully saturated rings. The van der Waals surface area contributed by atoms with Gasteiger partial charge in [-0.15, -0.1) is 0 Å². The number of hydrogen-bond acceptors (Lipinski definition) is 2. The van der Waals surface area contributed by atoms with E-state index in [0.29, 0.717) is 5.75 Å². The van der Waals surface area contributed by atoms with Crippen molar-refractivity contribution in [1.29, 1.82) is 0 Å². The van der Waals surface area contributed by atoms with Crippen LogP contribution in [0.25, 0.3) is 32.3 Å². The lowest BCUT2D eigenvalue weighted by molar-refractivity contribution is 0.459. The average Bonchev–Trinajstić information content (AvgIpc) is 2.55. The van der Waals surface area contributed by atoms with Crippen LogP contribution >= 0.6 is 0 Å². The molecular formula is C18H12BO2. The van der Waals surface area contributed by atoms with E-state index >= 15 is 0 Å².